The van der Waals surface area contributed by atoms with Crippen molar-refractivity contribution in [1.29, 1.82) is 0 Å². The minimum absolute atomic E-state index is 0.363. The first-order valence-electron chi connectivity index (χ1n) is 7.52. The summed E-state index contributed by atoms with van der Waals surface area (Å²) < 4.78 is 5.20. The summed E-state index contributed by atoms with van der Waals surface area (Å²) in [5.74, 6) is 0.722. The van der Waals surface area contributed by atoms with Gasteiger partial charge in [-0.25, -0.2) is 0 Å². The molecule has 1 aromatic carbocycles. The van der Waals surface area contributed by atoms with Crippen molar-refractivity contribution >= 4 is 11.4 Å². The van der Waals surface area contributed by atoms with Gasteiger partial charge in [-0.05, 0) is 12.1 Å². The number of hydrogen-bond donors (Lipinski definition) is 3. The van der Waals surface area contributed by atoms with Gasteiger partial charge in [0.25, 0.3) is 10.9 Å². The van der Waals surface area contributed by atoms with Crippen molar-refractivity contribution in [2.45, 2.75) is 6.54 Å². The molecule has 22 heavy (non-hydrogen) atoms. The zero-order valence-corrected chi connectivity index (χ0v) is 12.4. The van der Waals surface area contributed by atoms with Gasteiger partial charge in [-0.2, -0.15) is 0 Å². The first-order valence-corrected chi connectivity index (χ1v) is 7.52. The number of rotatable bonds is 7. The lowest BCUT2D eigenvalue weighted by Gasteiger charge is -2.27. The summed E-state index contributed by atoms with van der Waals surface area (Å²) in [4.78, 5) is 25.6. The molecular weight excluding hydrogens is 284 g/mol. The largest absolute Gasteiger partial charge is 0.467 e. The van der Waals surface area contributed by atoms with Crippen molar-refractivity contribution in [3.05, 3.63) is 44.6 Å². The van der Waals surface area contributed by atoms with E-state index in [0.29, 0.717) is 24.5 Å². The van der Waals surface area contributed by atoms with Crippen molar-refractivity contribution in [3.8, 4) is 0 Å². The highest BCUT2D eigenvalue weighted by atomic mass is 16.3. The van der Waals surface area contributed by atoms with Crippen LogP contribution in [0.15, 0.2) is 32.4 Å². The molecule has 3 rings (SSSR count). The van der Waals surface area contributed by atoms with Crippen molar-refractivity contribution in [2.75, 3.05) is 49.9 Å². The van der Waals surface area contributed by atoms with Crippen LogP contribution in [0, 0.1) is 0 Å². The van der Waals surface area contributed by atoms with Gasteiger partial charge in [0.2, 0.25) is 0 Å². The molecule has 1 fully saturated rings. The summed E-state index contributed by atoms with van der Waals surface area (Å²) >= 11 is 0. The molecule has 0 amide bonds. The van der Waals surface area contributed by atoms with Crippen LogP contribution in [0.25, 0.3) is 0 Å². The van der Waals surface area contributed by atoms with Crippen LogP contribution in [-0.4, -0.2) is 44.2 Å². The van der Waals surface area contributed by atoms with Crippen molar-refractivity contribution in [2.24, 2.45) is 0 Å². The van der Waals surface area contributed by atoms with Crippen LogP contribution in [0.5, 0.6) is 0 Å². The van der Waals surface area contributed by atoms with Crippen LogP contribution in [0.2, 0.25) is 0 Å². The topological polar surface area (TPSA) is 86.6 Å². The molecule has 2 heterocycles. The molecule has 0 bridgehead atoms. The second-order valence-corrected chi connectivity index (χ2v) is 5.36. The molecule has 0 spiro atoms. The van der Waals surface area contributed by atoms with Crippen LogP contribution < -0.4 is 26.8 Å². The van der Waals surface area contributed by atoms with Gasteiger partial charge < -0.3 is 20.4 Å². The van der Waals surface area contributed by atoms with E-state index in [0.717, 1.165) is 38.5 Å². The first-order chi connectivity index (χ1) is 10.8. The predicted molar refractivity (Wildman–Crippen MR) is 85.2 cm³/mol. The number of nitrogens with one attached hydrogen (secondary N) is 3. The highest BCUT2D eigenvalue weighted by Gasteiger charge is 2.20. The Labute approximate surface area is 128 Å². The molecule has 1 saturated heterocycles. The maximum Gasteiger partial charge on any atom is 0.253 e. The van der Waals surface area contributed by atoms with E-state index in [1.807, 2.05) is 6.07 Å². The fourth-order valence-electron chi connectivity index (χ4n) is 2.59. The van der Waals surface area contributed by atoms with Crippen LogP contribution in [-0.2, 0) is 6.54 Å². The number of piperazine rings is 1. The molecule has 0 saturated carbocycles. The molecule has 2 aromatic rings. The lowest BCUT2D eigenvalue weighted by atomic mass is 10.2. The van der Waals surface area contributed by atoms with Gasteiger partial charge in [-0.15, -0.1) is 0 Å². The fraction of sp³-hybridized carbons (Fsp3) is 0.467. The minimum atomic E-state index is -0.462. The van der Waals surface area contributed by atoms with Crippen LogP contribution in [0.1, 0.15) is 5.76 Å². The van der Waals surface area contributed by atoms with Gasteiger partial charge in [-0.3, -0.25) is 14.5 Å². The molecule has 3 N–H and O–H groups in total. The molecule has 1 aromatic heterocycles. The van der Waals surface area contributed by atoms with Gasteiger partial charge in [0.05, 0.1) is 12.8 Å². The SMILES string of the molecule is O=c1c(NCCN2CCNCC2)c(NCc2ccco2)c1=O. The van der Waals surface area contributed by atoms with E-state index < -0.39 is 10.9 Å². The highest BCUT2D eigenvalue weighted by molar-refractivity contribution is 5.73. The average Bonchev–Trinajstić information content (AvgIpc) is 3.07. The molecule has 0 atom stereocenters. The summed E-state index contributed by atoms with van der Waals surface area (Å²) in [5.41, 5.74) is -0.146. The van der Waals surface area contributed by atoms with Gasteiger partial charge in [0, 0.05) is 39.3 Å². The van der Waals surface area contributed by atoms with Crippen molar-refractivity contribution < 1.29 is 4.42 Å². The number of furan rings is 1. The smallest absolute Gasteiger partial charge is 0.253 e. The van der Waals surface area contributed by atoms with Crippen molar-refractivity contribution in [1.82, 2.24) is 10.2 Å². The average molecular weight is 304 g/mol. The third kappa shape index (κ3) is 3.20. The predicted octanol–water partition coefficient (Wildman–Crippen LogP) is -0.195. The summed E-state index contributed by atoms with van der Waals surface area (Å²) in [7, 11) is 0. The molecule has 118 valence electrons. The Kier molecular flexibility index (Phi) is 4.55. The Morgan fingerprint density at radius 2 is 1.86 bits per heavy atom. The monoisotopic (exact) mass is 304 g/mol. The molecule has 1 aliphatic heterocycles. The maximum atomic E-state index is 11.7. The molecule has 0 unspecified atom stereocenters. The second-order valence-electron chi connectivity index (χ2n) is 5.36. The van der Waals surface area contributed by atoms with Crippen LogP contribution >= 0.6 is 0 Å². The van der Waals surface area contributed by atoms with Crippen LogP contribution in [0.4, 0.5) is 11.4 Å². The zero-order valence-electron chi connectivity index (χ0n) is 12.4. The minimum Gasteiger partial charge on any atom is -0.467 e. The molecule has 7 nitrogen and oxygen atoms in total. The van der Waals surface area contributed by atoms with Gasteiger partial charge in [0.15, 0.2) is 0 Å². The number of anilines is 2. The third-order valence-electron chi connectivity index (χ3n) is 3.87. The van der Waals surface area contributed by atoms with E-state index in [2.05, 4.69) is 20.9 Å². The Bertz CT molecular complexity index is 667. The Morgan fingerprint density at radius 1 is 1.14 bits per heavy atom. The van der Waals surface area contributed by atoms with Gasteiger partial charge in [-0.1, -0.05) is 0 Å². The van der Waals surface area contributed by atoms with E-state index >= 15 is 0 Å². The van der Waals surface area contributed by atoms with E-state index in [1.165, 1.54) is 0 Å². The number of nitrogens with zero attached hydrogens (tertiary/aromatic N) is 1. The summed E-state index contributed by atoms with van der Waals surface area (Å²) in [6, 6.07) is 3.60. The lowest BCUT2D eigenvalue weighted by Crippen LogP contribution is -2.45. The summed E-state index contributed by atoms with van der Waals surface area (Å²) in [6.45, 7) is 5.92. The third-order valence-corrected chi connectivity index (χ3v) is 3.87. The summed E-state index contributed by atoms with van der Waals surface area (Å²) in [6.07, 6.45) is 1.58. The second kappa shape index (κ2) is 6.76. The van der Waals surface area contributed by atoms with E-state index in [9.17, 15) is 9.59 Å². The quantitative estimate of drug-likeness (QED) is 0.611. The lowest BCUT2D eigenvalue weighted by molar-refractivity contribution is 0.249. The first kappa shape index (κ1) is 14.8. The number of hydrogen-bond acceptors (Lipinski definition) is 7. The maximum absolute atomic E-state index is 11.7. The van der Waals surface area contributed by atoms with Gasteiger partial charge >= 0.3 is 0 Å². The van der Waals surface area contributed by atoms with Crippen molar-refractivity contribution in [3.63, 3.8) is 0 Å². The fourth-order valence-corrected chi connectivity index (χ4v) is 2.59. The van der Waals surface area contributed by atoms with E-state index in [-0.39, 0.29) is 0 Å². The summed E-state index contributed by atoms with van der Waals surface area (Å²) in [5, 5.41) is 9.35. The molecule has 0 aliphatic carbocycles. The highest BCUT2D eigenvalue weighted by Crippen LogP contribution is 2.15. The van der Waals surface area contributed by atoms with E-state index in [1.54, 1.807) is 12.3 Å². The van der Waals surface area contributed by atoms with Crippen LogP contribution in [0.3, 0.4) is 0 Å². The normalized spacial score (nSPS) is 16.0. The Morgan fingerprint density at radius 3 is 2.55 bits per heavy atom. The Hall–Kier alpha value is -2.12. The molecule has 7 heteroatoms. The Balaban J connectivity index is 1.51. The van der Waals surface area contributed by atoms with Gasteiger partial charge in [0.1, 0.15) is 17.1 Å². The molecular formula is C15H20N4O3. The standard InChI is InChI=1S/C15H20N4O3/c20-14-12(17-5-8-19-6-3-16-4-7-19)13(15(14)21)18-10-11-2-1-9-22-11/h1-2,9,16-18H,3-8,10H2. The molecule has 1 aliphatic rings. The zero-order chi connectivity index (χ0) is 15.4. The molecule has 0 radical (unpaired) electrons. The van der Waals surface area contributed by atoms with E-state index in [4.69, 9.17) is 4.42 Å².